The van der Waals surface area contributed by atoms with Crippen molar-refractivity contribution in [2.24, 2.45) is 11.8 Å². The van der Waals surface area contributed by atoms with Crippen molar-refractivity contribution in [3.05, 3.63) is 53.1 Å². The zero-order valence-corrected chi connectivity index (χ0v) is 15.1. The monoisotopic (exact) mass is 372 g/mol. The summed E-state index contributed by atoms with van der Waals surface area (Å²) in [6, 6.07) is 7.32. The fourth-order valence-electron chi connectivity index (χ4n) is 3.72. The van der Waals surface area contributed by atoms with Crippen LogP contribution in [0.1, 0.15) is 39.5 Å². The predicted molar refractivity (Wildman–Crippen MR) is 94.9 cm³/mol. The largest absolute Gasteiger partial charge is 0.381 e. The molecule has 2 fully saturated rings. The number of nitrogens with zero attached hydrogens (tertiary/aromatic N) is 2. The molecule has 1 aliphatic carbocycles. The van der Waals surface area contributed by atoms with Crippen LogP contribution in [0.15, 0.2) is 30.3 Å². The minimum absolute atomic E-state index is 0.0850. The third-order valence-corrected chi connectivity index (χ3v) is 5.40. The van der Waals surface area contributed by atoms with Gasteiger partial charge in [-0.1, -0.05) is 18.2 Å². The van der Waals surface area contributed by atoms with E-state index in [1.165, 1.54) is 23.9 Å². The molecule has 142 valence electrons. The molecule has 4 rings (SSSR count). The van der Waals surface area contributed by atoms with Crippen LogP contribution < -0.4 is 10.6 Å². The van der Waals surface area contributed by atoms with E-state index in [9.17, 15) is 14.0 Å². The summed E-state index contributed by atoms with van der Waals surface area (Å²) in [5.74, 6) is -0.400. The number of fused-ring (bicyclic) bond motifs is 1. The third kappa shape index (κ3) is 3.10. The van der Waals surface area contributed by atoms with Gasteiger partial charge in [0, 0.05) is 36.6 Å². The minimum Gasteiger partial charge on any atom is -0.381 e. The van der Waals surface area contributed by atoms with Crippen molar-refractivity contribution < 1.29 is 18.7 Å². The average molecular weight is 372 g/mol. The Morgan fingerprint density at radius 2 is 1.96 bits per heavy atom. The molecule has 1 aromatic heterocycles. The maximum atomic E-state index is 14.2. The topological polar surface area (TPSA) is 85.3 Å². The smallest absolute Gasteiger partial charge is 0.271 e. The first-order valence-electron chi connectivity index (χ1n) is 8.96. The fraction of sp³-hybridized carbons (Fsp3) is 0.421. The minimum atomic E-state index is -0.549. The summed E-state index contributed by atoms with van der Waals surface area (Å²) in [5.41, 5.74) is 0.746. The van der Waals surface area contributed by atoms with Gasteiger partial charge < -0.3 is 15.4 Å². The molecule has 4 atom stereocenters. The van der Waals surface area contributed by atoms with Crippen molar-refractivity contribution in [1.29, 1.82) is 0 Å². The van der Waals surface area contributed by atoms with E-state index in [2.05, 4.69) is 15.7 Å². The van der Waals surface area contributed by atoms with Gasteiger partial charge in [0.2, 0.25) is 0 Å². The number of hydrogen-bond donors (Lipinski definition) is 2. The van der Waals surface area contributed by atoms with E-state index in [1.807, 2.05) is 0 Å². The highest BCUT2D eigenvalue weighted by Gasteiger charge is 2.55. The van der Waals surface area contributed by atoms with Gasteiger partial charge in [0.05, 0.1) is 19.3 Å². The first-order valence-corrected chi connectivity index (χ1v) is 8.96. The van der Waals surface area contributed by atoms with Gasteiger partial charge in [-0.05, 0) is 13.0 Å². The van der Waals surface area contributed by atoms with Crippen molar-refractivity contribution in [2.75, 3.05) is 20.3 Å². The molecule has 2 heterocycles. The predicted octanol–water partition coefficient (Wildman–Crippen LogP) is 1.37. The van der Waals surface area contributed by atoms with Crippen LogP contribution in [0.4, 0.5) is 4.39 Å². The lowest BCUT2D eigenvalue weighted by Gasteiger charge is -2.17. The number of ether oxygens (including phenoxy) is 1. The number of benzene rings is 1. The number of halogens is 1. The zero-order chi connectivity index (χ0) is 19.1. The second kappa shape index (κ2) is 6.77. The van der Waals surface area contributed by atoms with Gasteiger partial charge in [0.1, 0.15) is 11.5 Å². The van der Waals surface area contributed by atoms with E-state index in [0.29, 0.717) is 30.6 Å². The number of rotatable bonds is 5. The Morgan fingerprint density at radius 1 is 1.26 bits per heavy atom. The summed E-state index contributed by atoms with van der Waals surface area (Å²) in [5, 5.41) is 9.77. The lowest BCUT2D eigenvalue weighted by atomic mass is 10.1. The van der Waals surface area contributed by atoms with Crippen LogP contribution in [0.2, 0.25) is 0 Å². The maximum absolute atomic E-state index is 14.2. The van der Waals surface area contributed by atoms with E-state index in [-0.39, 0.29) is 29.2 Å². The van der Waals surface area contributed by atoms with Gasteiger partial charge in [0.25, 0.3) is 11.8 Å². The lowest BCUT2D eigenvalue weighted by Crippen LogP contribution is -2.32. The molecular weight excluding hydrogens is 351 g/mol. The summed E-state index contributed by atoms with van der Waals surface area (Å²) in [6.07, 6.45) is 0. The summed E-state index contributed by atoms with van der Waals surface area (Å²) >= 11 is 0. The van der Waals surface area contributed by atoms with E-state index in [4.69, 9.17) is 4.74 Å². The average Bonchev–Trinajstić information content (AvgIpc) is 3.08. The van der Waals surface area contributed by atoms with Crippen LogP contribution >= 0.6 is 0 Å². The van der Waals surface area contributed by atoms with Gasteiger partial charge in [-0.3, -0.25) is 14.3 Å². The van der Waals surface area contributed by atoms with Gasteiger partial charge in [-0.25, -0.2) is 4.39 Å². The molecular formula is C19H21FN4O3. The van der Waals surface area contributed by atoms with Crippen molar-refractivity contribution in [2.45, 2.75) is 19.0 Å². The van der Waals surface area contributed by atoms with Gasteiger partial charge in [-0.2, -0.15) is 5.10 Å². The molecule has 27 heavy (non-hydrogen) atoms. The van der Waals surface area contributed by atoms with Crippen molar-refractivity contribution >= 4 is 11.8 Å². The summed E-state index contributed by atoms with van der Waals surface area (Å²) in [6.45, 7) is 3.06. The molecule has 2 aromatic rings. The Balaban J connectivity index is 1.65. The quantitative estimate of drug-likeness (QED) is 0.830. The highest BCUT2D eigenvalue weighted by molar-refractivity contribution is 5.98. The number of nitrogens with one attached hydrogen (secondary N) is 2. The van der Waals surface area contributed by atoms with E-state index >= 15 is 0 Å². The van der Waals surface area contributed by atoms with Crippen molar-refractivity contribution in [3.8, 4) is 0 Å². The molecule has 1 aliphatic heterocycles. The van der Waals surface area contributed by atoms with Gasteiger partial charge >= 0.3 is 0 Å². The second-order valence-corrected chi connectivity index (χ2v) is 7.00. The SMILES string of the molecule is CNC(=O)c1cc(C(=O)NC2[C@H]3COC[C@@H]23)n([C@@H](C)c2ccccc2F)n1. The molecule has 2 amide bonds. The lowest BCUT2D eigenvalue weighted by molar-refractivity contribution is 0.0915. The molecule has 0 spiro atoms. The van der Waals surface area contributed by atoms with E-state index in [1.54, 1.807) is 25.1 Å². The standard InChI is InChI=1S/C19H21FN4O3/c1-10(11-5-3-4-6-14(11)20)24-16(7-15(23-24)18(25)21-2)19(26)22-17-12-8-27-9-13(12)17/h3-7,10,12-13,17H,8-9H2,1-2H3,(H,21,25)(H,22,26)/t10-,12-,13+,17?/m0/s1. The summed E-state index contributed by atoms with van der Waals surface area (Å²) in [7, 11) is 1.49. The first-order chi connectivity index (χ1) is 13.0. The number of hydrogen-bond acceptors (Lipinski definition) is 4. The maximum Gasteiger partial charge on any atom is 0.271 e. The normalized spacial score (nSPS) is 24.2. The van der Waals surface area contributed by atoms with Gasteiger partial charge in [-0.15, -0.1) is 0 Å². The van der Waals surface area contributed by atoms with Crippen LogP contribution in [-0.2, 0) is 4.74 Å². The van der Waals surface area contributed by atoms with Crippen LogP contribution in [0.3, 0.4) is 0 Å². The number of amides is 2. The Kier molecular flexibility index (Phi) is 4.43. The molecule has 0 radical (unpaired) electrons. The zero-order valence-electron chi connectivity index (χ0n) is 15.1. The highest BCUT2D eigenvalue weighted by atomic mass is 19.1. The number of carbonyl (C=O) groups is 2. The van der Waals surface area contributed by atoms with E-state index < -0.39 is 11.9 Å². The Morgan fingerprint density at radius 3 is 2.63 bits per heavy atom. The van der Waals surface area contributed by atoms with Gasteiger partial charge in [0.15, 0.2) is 5.69 Å². The third-order valence-electron chi connectivity index (χ3n) is 5.40. The number of carbonyl (C=O) groups excluding carboxylic acids is 2. The summed E-state index contributed by atoms with van der Waals surface area (Å²) in [4.78, 5) is 24.9. The van der Waals surface area contributed by atoms with Crippen LogP contribution in [-0.4, -0.2) is 47.9 Å². The van der Waals surface area contributed by atoms with E-state index in [0.717, 1.165) is 0 Å². The number of aromatic nitrogens is 2. The fourth-order valence-corrected chi connectivity index (χ4v) is 3.72. The van der Waals surface area contributed by atoms with Crippen molar-refractivity contribution in [1.82, 2.24) is 20.4 Å². The second-order valence-electron chi connectivity index (χ2n) is 7.00. The Bertz CT molecular complexity index is 887. The first kappa shape index (κ1) is 17.7. The molecule has 1 unspecified atom stereocenters. The molecule has 2 aliphatic rings. The van der Waals surface area contributed by atoms with Crippen LogP contribution in [0.25, 0.3) is 0 Å². The molecule has 0 bridgehead atoms. The molecule has 1 saturated carbocycles. The molecule has 8 heteroatoms. The summed E-state index contributed by atoms with van der Waals surface area (Å²) < 4.78 is 21.0. The molecule has 1 saturated heterocycles. The highest BCUT2D eigenvalue weighted by Crippen LogP contribution is 2.44. The van der Waals surface area contributed by atoms with Crippen LogP contribution in [0, 0.1) is 17.7 Å². The Labute approximate surface area is 155 Å². The Hall–Kier alpha value is -2.74. The van der Waals surface area contributed by atoms with Crippen LogP contribution in [0.5, 0.6) is 0 Å². The van der Waals surface area contributed by atoms with Crippen molar-refractivity contribution in [3.63, 3.8) is 0 Å². The molecule has 7 nitrogen and oxygen atoms in total. The molecule has 1 aromatic carbocycles. The molecule has 2 N–H and O–H groups in total.